The number of hydrogen-bond acceptors (Lipinski definition) is 2. The maximum Gasteiger partial charge on any atom is 0.226 e. The minimum Gasteiger partial charge on any atom is -0.340 e. The third-order valence-electron chi connectivity index (χ3n) is 3.91. The number of benzene rings is 1. The number of rotatable bonds is 2. The first-order valence-electron chi connectivity index (χ1n) is 6.62. The second-order valence-electron chi connectivity index (χ2n) is 5.16. The second kappa shape index (κ2) is 5.10. The normalized spacial score (nSPS) is 26.3. The molecule has 1 heterocycles. The molecule has 0 radical (unpaired) electrons. The van der Waals surface area contributed by atoms with Crippen LogP contribution in [0.4, 0.5) is 4.39 Å². The molecule has 1 aliphatic heterocycles. The van der Waals surface area contributed by atoms with E-state index in [1.54, 1.807) is 12.1 Å². The van der Waals surface area contributed by atoms with Gasteiger partial charge in [-0.2, -0.15) is 0 Å². The van der Waals surface area contributed by atoms with E-state index in [2.05, 4.69) is 5.32 Å². The van der Waals surface area contributed by atoms with E-state index in [4.69, 9.17) is 11.6 Å². The molecule has 0 aromatic heterocycles. The highest BCUT2D eigenvalue weighted by Crippen LogP contribution is 2.51. The van der Waals surface area contributed by atoms with E-state index in [0.717, 1.165) is 26.2 Å². The zero-order valence-corrected chi connectivity index (χ0v) is 11.3. The molecule has 19 heavy (non-hydrogen) atoms. The summed E-state index contributed by atoms with van der Waals surface area (Å²) < 4.78 is 13.8. The van der Waals surface area contributed by atoms with Crippen molar-refractivity contribution in [3.05, 3.63) is 34.6 Å². The molecule has 1 amide bonds. The van der Waals surface area contributed by atoms with Crippen LogP contribution < -0.4 is 5.32 Å². The monoisotopic (exact) mass is 282 g/mol. The highest BCUT2D eigenvalue weighted by molar-refractivity contribution is 6.31. The molecule has 1 aromatic carbocycles. The molecule has 2 aliphatic rings. The lowest BCUT2D eigenvalue weighted by atomic mass is 10.1. The van der Waals surface area contributed by atoms with Gasteiger partial charge in [0.1, 0.15) is 5.82 Å². The van der Waals surface area contributed by atoms with E-state index in [1.807, 2.05) is 4.90 Å². The maximum absolute atomic E-state index is 13.8. The van der Waals surface area contributed by atoms with Gasteiger partial charge in [-0.25, -0.2) is 4.39 Å². The second-order valence-corrected chi connectivity index (χ2v) is 5.57. The Labute approximate surface area is 116 Å². The summed E-state index contributed by atoms with van der Waals surface area (Å²) >= 11 is 6.05. The van der Waals surface area contributed by atoms with Gasteiger partial charge in [-0.3, -0.25) is 4.79 Å². The van der Waals surface area contributed by atoms with Gasteiger partial charge in [-0.15, -0.1) is 0 Å². The van der Waals surface area contributed by atoms with E-state index in [1.165, 1.54) is 6.07 Å². The molecule has 3 rings (SSSR count). The fourth-order valence-corrected chi connectivity index (χ4v) is 3.07. The molecule has 2 fully saturated rings. The third-order valence-corrected chi connectivity index (χ3v) is 4.24. The zero-order chi connectivity index (χ0) is 13.4. The fourth-order valence-electron chi connectivity index (χ4n) is 2.77. The molecule has 1 aromatic rings. The Balaban J connectivity index is 1.72. The first-order chi connectivity index (χ1) is 9.18. The Morgan fingerprint density at radius 3 is 2.79 bits per heavy atom. The maximum atomic E-state index is 13.8. The fraction of sp³-hybridized carbons (Fsp3) is 0.500. The third kappa shape index (κ3) is 2.47. The lowest BCUT2D eigenvalue weighted by molar-refractivity contribution is -0.133. The van der Waals surface area contributed by atoms with E-state index < -0.39 is 0 Å². The Morgan fingerprint density at radius 2 is 2.11 bits per heavy atom. The van der Waals surface area contributed by atoms with Crippen LogP contribution in [-0.2, 0) is 4.79 Å². The number of amides is 1. The summed E-state index contributed by atoms with van der Waals surface area (Å²) in [5.41, 5.74) is 0.512. The lowest BCUT2D eigenvalue weighted by Crippen LogP contribution is -2.47. The molecule has 1 N–H and O–H groups in total. The SMILES string of the molecule is O=C([C@@H]1C[C@@H]1c1c(F)cccc1Cl)N1CCNCC1. The van der Waals surface area contributed by atoms with E-state index in [0.29, 0.717) is 17.0 Å². The smallest absolute Gasteiger partial charge is 0.226 e. The summed E-state index contributed by atoms with van der Waals surface area (Å²) in [6.45, 7) is 3.16. The summed E-state index contributed by atoms with van der Waals surface area (Å²) in [4.78, 5) is 14.2. The summed E-state index contributed by atoms with van der Waals surface area (Å²) in [6.07, 6.45) is 0.712. The first kappa shape index (κ1) is 12.9. The molecule has 3 nitrogen and oxygen atoms in total. The largest absolute Gasteiger partial charge is 0.340 e. The van der Waals surface area contributed by atoms with Crippen LogP contribution in [0, 0.1) is 11.7 Å². The number of nitrogens with zero attached hydrogens (tertiary/aromatic N) is 1. The van der Waals surface area contributed by atoms with Gasteiger partial charge >= 0.3 is 0 Å². The Hall–Kier alpha value is -1.13. The topological polar surface area (TPSA) is 32.3 Å². The van der Waals surface area contributed by atoms with Gasteiger partial charge in [0, 0.05) is 48.6 Å². The minimum atomic E-state index is -0.298. The standard InChI is InChI=1S/C14H16ClFN2O/c15-11-2-1-3-12(16)13(11)9-8-10(9)14(19)18-6-4-17-5-7-18/h1-3,9-10,17H,4-8H2/t9-,10+/m0/s1. The molecule has 0 spiro atoms. The minimum absolute atomic E-state index is 0.0453. The number of carbonyl (C=O) groups is 1. The van der Waals surface area contributed by atoms with Gasteiger partial charge in [0.2, 0.25) is 5.91 Å². The van der Waals surface area contributed by atoms with Crippen molar-refractivity contribution in [2.24, 2.45) is 5.92 Å². The van der Waals surface area contributed by atoms with Crippen molar-refractivity contribution in [2.45, 2.75) is 12.3 Å². The van der Waals surface area contributed by atoms with Crippen molar-refractivity contribution in [1.29, 1.82) is 0 Å². The Bertz CT molecular complexity index is 482. The van der Waals surface area contributed by atoms with Crippen LogP contribution in [0.1, 0.15) is 17.9 Å². The van der Waals surface area contributed by atoms with Crippen LogP contribution in [0.15, 0.2) is 18.2 Å². The van der Waals surface area contributed by atoms with Crippen molar-refractivity contribution in [3.8, 4) is 0 Å². The molecule has 102 valence electrons. The number of nitrogens with one attached hydrogen (secondary N) is 1. The van der Waals surface area contributed by atoms with E-state index >= 15 is 0 Å². The van der Waals surface area contributed by atoms with Crippen LogP contribution in [0.25, 0.3) is 0 Å². The van der Waals surface area contributed by atoms with Gasteiger partial charge in [-0.05, 0) is 18.6 Å². The molecule has 5 heteroatoms. The van der Waals surface area contributed by atoms with Crippen LogP contribution in [-0.4, -0.2) is 37.0 Å². The average molecular weight is 283 g/mol. The van der Waals surface area contributed by atoms with Crippen LogP contribution in [0.5, 0.6) is 0 Å². The molecule has 0 unspecified atom stereocenters. The van der Waals surface area contributed by atoms with Crippen LogP contribution in [0.3, 0.4) is 0 Å². The predicted molar refractivity (Wildman–Crippen MR) is 71.7 cm³/mol. The molecule has 1 aliphatic carbocycles. The van der Waals surface area contributed by atoms with Gasteiger partial charge in [0.25, 0.3) is 0 Å². The Morgan fingerprint density at radius 1 is 1.37 bits per heavy atom. The van der Waals surface area contributed by atoms with Crippen molar-refractivity contribution < 1.29 is 9.18 Å². The van der Waals surface area contributed by atoms with Crippen molar-refractivity contribution in [2.75, 3.05) is 26.2 Å². The summed E-state index contributed by atoms with van der Waals surface area (Å²) in [7, 11) is 0. The van der Waals surface area contributed by atoms with Gasteiger partial charge in [-0.1, -0.05) is 17.7 Å². The number of piperazine rings is 1. The zero-order valence-electron chi connectivity index (χ0n) is 10.5. The highest BCUT2D eigenvalue weighted by atomic mass is 35.5. The molecule has 1 saturated carbocycles. The van der Waals surface area contributed by atoms with Crippen molar-refractivity contribution in [1.82, 2.24) is 10.2 Å². The molecule has 2 atom stereocenters. The number of hydrogen-bond donors (Lipinski definition) is 1. The van der Waals surface area contributed by atoms with E-state index in [-0.39, 0.29) is 23.6 Å². The highest BCUT2D eigenvalue weighted by Gasteiger charge is 2.47. The van der Waals surface area contributed by atoms with Crippen LogP contribution in [0.2, 0.25) is 5.02 Å². The molecular formula is C14H16ClFN2O. The van der Waals surface area contributed by atoms with Gasteiger partial charge < -0.3 is 10.2 Å². The van der Waals surface area contributed by atoms with Gasteiger partial charge in [0.15, 0.2) is 0 Å². The first-order valence-corrected chi connectivity index (χ1v) is 6.99. The van der Waals surface area contributed by atoms with Gasteiger partial charge in [0.05, 0.1) is 0 Å². The van der Waals surface area contributed by atoms with Crippen molar-refractivity contribution >= 4 is 17.5 Å². The van der Waals surface area contributed by atoms with E-state index in [9.17, 15) is 9.18 Å². The number of halogens is 2. The van der Waals surface area contributed by atoms with Crippen molar-refractivity contribution in [3.63, 3.8) is 0 Å². The molecule has 1 saturated heterocycles. The summed E-state index contributed by atoms with van der Waals surface area (Å²) in [5.74, 6) is -0.289. The average Bonchev–Trinajstić information content (AvgIpc) is 3.19. The number of carbonyl (C=O) groups excluding carboxylic acids is 1. The predicted octanol–water partition coefficient (Wildman–Crippen LogP) is 2.01. The summed E-state index contributed by atoms with van der Waals surface area (Å²) in [5, 5.41) is 3.65. The van der Waals surface area contributed by atoms with Crippen LogP contribution >= 0.6 is 11.6 Å². The molecule has 0 bridgehead atoms. The lowest BCUT2D eigenvalue weighted by Gasteiger charge is -2.27. The Kier molecular flexibility index (Phi) is 3.46. The quantitative estimate of drug-likeness (QED) is 0.900. The summed E-state index contributed by atoms with van der Waals surface area (Å²) in [6, 6.07) is 4.69. The molecular weight excluding hydrogens is 267 g/mol.